The van der Waals surface area contributed by atoms with Crippen molar-refractivity contribution < 1.29 is 0 Å². The Morgan fingerprint density at radius 2 is 2.09 bits per heavy atom. The molecule has 0 spiro atoms. The largest absolute Gasteiger partial charge is 0.311 e. The third kappa shape index (κ3) is 2.68. The average Bonchev–Trinajstić information content (AvgIpc) is 2.34. The molecule has 0 aromatic rings. The molecule has 1 rings (SSSR count). The molecule has 1 nitrogen and oxygen atoms in total. The predicted octanol–water partition coefficient (Wildman–Crippen LogP) is 2.27. The van der Waals surface area contributed by atoms with Gasteiger partial charge in [0.1, 0.15) is 0 Å². The van der Waals surface area contributed by atoms with Gasteiger partial charge in [-0.05, 0) is 19.1 Å². The maximum atomic E-state index is 3.62. The summed E-state index contributed by atoms with van der Waals surface area (Å²) in [5, 5.41) is 4.49. The van der Waals surface area contributed by atoms with Crippen LogP contribution in [-0.4, -0.2) is 23.6 Å². The first-order valence-electron chi connectivity index (χ1n) is 4.53. The van der Waals surface area contributed by atoms with Gasteiger partial charge in [-0.2, -0.15) is 11.8 Å². The molecule has 2 atom stereocenters. The van der Waals surface area contributed by atoms with Crippen molar-refractivity contribution >= 4 is 11.8 Å². The van der Waals surface area contributed by atoms with Crippen LogP contribution in [0.4, 0.5) is 0 Å². The Bertz CT molecular complexity index is 114. The van der Waals surface area contributed by atoms with Gasteiger partial charge in [0.05, 0.1) is 0 Å². The average molecular weight is 173 g/mol. The minimum atomic E-state index is 0.646. The number of nitrogens with one attached hydrogen (secondary N) is 1. The monoisotopic (exact) mass is 173 g/mol. The molecule has 1 aliphatic rings. The van der Waals surface area contributed by atoms with Crippen LogP contribution in [-0.2, 0) is 0 Å². The Kier molecular flexibility index (Phi) is 3.73. The molecule has 0 aromatic heterocycles. The zero-order valence-corrected chi connectivity index (χ0v) is 8.58. The summed E-state index contributed by atoms with van der Waals surface area (Å²) in [6.07, 6.45) is 6.43. The van der Waals surface area contributed by atoms with Crippen molar-refractivity contribution in [2.24, 2.45) is 0 Å². The molecule has 1 saturated carbocycles. The van der Waals surface area contributed by atoms with Crippen LogP contribution in [0.15, 0.2) is 0 Å². The number of hydrogen-bond donors (Lipinski definition) is 1. The van der Waals surface area contributed by atoms with Crippen molar-refractivity contribution in [3.05, 3.63) is 0 Å². The first kappa shape index (κ1) is 9.40. The Morgan fingerprint density at radius 1 is 1.36 bits per heavy atom. The first-order valence-corrected chi connectivity index (χ1v) is 5.81. The summed E-state index contributed by atoms with van der Waals surface area (Å²) in [5.74, 6) is 0. The quantitative estimate of drug-likeness (QED) is 0.702. The molecule has 0 aromatic carbocycles. The highest BCUT2D eigenvalue weighted by Gasteiger charge is 2.26. The van der Waals surface area contributed by atoms with Crippen LogP contribution in [0.3, 0.4) is 0 Å². The van der Waals surface area contributed by atoms with Gasteiger partial charge in [0.15, 0.2) is 0 Å². The summed E-state index contributed by atoms with van der Waals surface area (Å²) in [7, 11) is 0. The van der Waals surface area contributed by atoms with Crippen molar-refractivity contribution in [3.63, 3.8) is 0 Å². The highest BCUT2D eigenvalue weighted by Crippen LogP contribution is 2.28. The first-order chi connectivity index (χ1) is 5.24. The summed E-state index contributed by atoms with van der Waals surface area (Å²) in [6, 6.07) is 1.43. The lowest BCUT2D eigenvalue weighted by atomic mass is 10.2. The van der Waals surface area contributed by atoms with E-state index in [-0.39, 0.29) is 0 Å². The zero-order chi connectivity index (χ0) is 8.27. The number of thioether (sulfide) groups is 1. The van der Waals surface area contributed by atoms with Gasteiger partial charge in [-0.25, -0.2) is 0 Å². The van der Waals surface area contributed by atoms with E-state index in [1.807, 2.05) is 11.8 Å². The summed E-state index contributed by atoms with van der Waals surface area (Å²) < 4.78 is 0. The molecular weight excluding hydrogens is 154 g/mol. The highest BCUT2D eigenvalue weighted by atomic mass is 32.2. The molecule has 11 heavy (non-hydrogen) atoms. The summed E-state index contributed by atoms with van der Waals surface area (Å²) in [5.41, 5.74) is 0. The van der Waals surface area contributed by atoms with Gasteiger partial charge in [0.25, 0.3) is 0 Å². The fourth-order valence-electron chi connectivity index (χ4n) is 1.83. The topological polar surface area (TPSA) is 12.0 Å². The molecule has 0 heterocycles. The molecule has 0 amide bonds. The maximum absolute atomic E-state index is 3.62. The van der Waals surface area contributed by atoms with Crippen LogP contribution >= 0.6 is 11.8 Å². The molecule has 1 N–H and O–H groups in total. The molecule has 1 fully saturated rings. The van der Waals surface area contributed by atoms with E-state index in [4.69, 9.17) is 0 Å². The van der Waals surface area contributed by atoms with Gasteiger partial charge in [0, 0.05) is 17.3 Å². The van der Waals surface area contributed by atoms with Crippen molar-refractivity contribution in [2.45, 2.75) is 50.4 Å². The smallest absolute Gasteiger partial charge is 0.0198 e. The normalized spacial score (nSPS) is 31.6. The molecular formula is C9H19NS. The predicted molar refractivity (Wildman–Crippen MR) is 53.2 cm³/mol. The van der Waals surface area contributed by atoms with E-state index in [1.165, 1.54) is 19.3 Å². The van der Waals surface area contributed by atoms with Crippen LogP contribution < -0.4 is 5.32 Å². The summed E-state index contributed by atoms with van der Waals surface area (Å²) >= 11 is 2.02. The molecule has 2 heteroatoms. The van der Waals surface area contributed by atoms with Crippen LogP contribution in [0, 0.1) is 0 Å². The van der Waals surface area contributed by atoms with Crippen LogP contribution in [0.25, 0.3) is 0 Å². The Morgan fingerprint density at radius 3 is 2.64 bits per heavy atom. The molecule has 0 saturated heterocycles. The standard InChI is InChI=1S/C9H19NS/c1-7(2)10-8-5-4-6-9(8)11-3/h7-10H,4-6H2,1-3H3. The highest BCUT2D eigenvalue weighted by molar-refractivity contribution is 7.99. The Balaban J connectivity index is 2.31. The van der Waals surface area contributed by atoms with Gasteiger partial charge < -0.3 is 5.32 Å². The third-order valence-electron chi connectivity index (χ3n) is 2.30. The van der Waals surface area contributed by atoms with Gasteiger partial charge in [-0.15, -0.1) is 0 Å². The maximum Gasteiger partial charge on any atom is 0.0198 e. The molecule has 2 unspecified atom stereocenters. The molecule has 0 aliphatic heterocycles. The molecule has 0 radical (unpaired) electrons. The lowest BCUT2D eigenvalue weighted by Crippen LogP contribution is -2.38. The minimum absolute atomic E-state index is 0.646. The van der Waals surface area contributed by atoms with Crippen molar-refractivity contribution in [1.82, 2.24) is 5.32 Å². The van der Waals surface area contributed by atoms with E-state index in [2.05, 4.69) is 25.4 Å². The second-order valence-corrected chi connectivity index (χ2v) is 4.71. The van der Waals surface area contributed by atoms with E-state index in [0.29, 0.717) is 6.04 Å². The second kappa shape index (κ2) is 4.36. The van der Waals surface area contributed by atoms with Crippen molar-refractivity contribution in [2.75, 3.05) is 6.26 Å². The van der Waals surface area contributed by atoms with E-state index >= 15 is 0 Å². The minimum Gasteiger partial charge on any atom is -0.311 e. The zero-order valence-electron chi connectivity index (χ0n) is 7.76. The van der Waals surface area contributed by atoms with Gasteiger partial charge in [-0.3, -0.25) is 0 Å². The molecule has 1 aliphatic carbocycles. The number of rotatable bonds is 3. The third-order valence-corrected chi connectivity index (χ3v) is 3.47. The lowest BCUT2D eigenvalue weighted by Gasteiger charge is -2.21. The number of hydrogen-bond acceptors (Lipinski definition) is 2. The van der Waals surface area contributed by atoms with Crippen molar-refractivity contribution in [3.8, 4) is 0 Å². The molecule has 66 valence electrons. The van der Waals surface area contributed by atoms with E-state index in [9.17, 15) is 0 Å². The Hall–Kier alpha value is 0.310. The summed E-state index contributed by atoms with van der Waals surface area (Å²) in [4.78, 5) is 0. The fraction of sp³-hybridized carbons (Fsp3) is 1.00. The Labute approximate surface area is 74.3 Å². The van der Waals surface area contributed by atoms with Gasteiger partial charge in [-0.1, -0.05) is 20.3 Å². The van der Waals surface area contributed by atoms with Crippen LogP contribution in [0.5, 0.6) is 0 Å². The van der Waals surface area contributed by atoms with Crippen LogP contribution in [0.1, 0.15) is 33.1 Å². The van der Waals surface area contributed by atoms with Crippen molar-refractivity contribution in [1.29, 1.82) is 0 Å². The fourth-order valence-corrected chi connectivity index (χ4v) is 2.77. The SMILES string of the molecule is CSC1CCCC1NC(C)C. The van der Waals surface area contributed by atoms with E-state index in [1.54, 1.807) is 0 Å². The van der Waals surface area contributed by atoms with E-state index < -0.39 is 0 Å². The molecule has 0 bridgehead atoms. The van der Waals surface area contributed by atoms with Crippen LogP contribution in [0.2, 0.25) is 0 Å². The van der Waals surface area contributed by atoms with Gasteiger partial charge >= 0.3 is 0 Å². The second-order valence-electron chi connectivity index (χ2n) is 3.63. The van der Waals surface area contributed by atoms with E-state index in [0.717, 1.165) is 11.3 Å². The van der Waals surface area contributed by atoms with Gasteiger partial charge in [0.2, 0.25) is 0 Å². The lowest BCUT2D eigenvalue weighted by molar-refractivity contribution is 0.478. The summed E-state index contributed by atoms with van der Waals surface area (Å²) in [6.45, 7) is 4.46.